The Morgan fingerprint density at radius 1 is 1.07 bits per heavy atom. The van der Waals surface area contributed by atoms with E-state index in [0.29, 0.717) is 23.8 Å². The number of amides is 1. The molecule has 1 aliphatic heterocycles. The maximum Gasteiger partial charge on any atom is 0.271 e. The molecule has 4 rings (SSSR count). The molecule has 1 aliphatic rings. The molecule has 0 bridgehead atoms. The van der Waals surface area contributed by atoms with E-state index < -0.39 is 10.0 Å². The normalized spacial score (nSPS) is 15.2. The minimum absolute atomic E-state index is 0.275. The lowest BCUT2D eigenvalue weighted by molar-refractivity contribution is 0.0946. The number of nitrogens with one attached hydrogen (secondary N) is 1. The lowest BCUT2D eigenvalue weighted by atomic mass is 10.2. The third-order valence-corrected chi connectivity index (χ3v) is 6.86. The maximum absolute atomic E-state index is 12.5. The van der Waals surface area contributed by atoms with E-state index >= 15 is 0 Å². The van der Waals surface area contributed by atoms with Gasteiger partial charge in [0.2, 0.25) is 10.0 Å². The molecule has 0 saturated carbocycles. The molecule has 0 unspecified atom stereocenters. The topological polar surface area (TPSA) is 83.8 Å². The summed E-state index contributed by atoms with van der Waals surface area (Å²) in [4.78, 5) is 16.9. The van der Waals surface area contributed by atoms with Crippen LogP contribution in [-0.2, 0) is 16.6 Å². The quantitative estimate of drug-likeness (QED) is 0.690. The third-order valence-electron chi connectivity index (χ3n) is 4.73. The minimum Gasteiger partial charge on any atom is -0.347 e. The summed E-state index contributed by atoms with van der Waals surface area (Å²) in [5.74, 6) is -0.311. The SMILES string of the molecule is O=C(NCc1ccc(S(=O)(=O)N2CCCC2)cc1)c1cn2cc(Cl)ccc2n1. The zero-order valence-electron chi connectivity index (χ0n) is 15.0. The van der Waals surface area contributed by atoms with Crippen molar-refractivity contribution in [1.29, 1.82) is 0 Å². The molecule has 0 spiro atoms. The van der Waals surface area contributed by atoms with Crippen molar-refractivity contribution in [3.05, 3.63) is 65.1 Å². The van der Waals surface area contributed by atoms with Crippen LogP contribution >= 0.6 is 11.6 Å². The highest BCUT2D eigenvalue weighted by Crippen LogP contribution is 2.21. The van der Waals surface area contributed by atoms with E-state index in [0.717, 1.165) is 18.4 Å². The van der Waals surface area contributed by atoms with Crippen LogP contribution in [0.1, 0.15) is 28.9 Å². The average molecular weight is 419 g/mol. The van der Waals surface area contributed by atoms with E-state index in [1.165, 1.54) is 4.31 Å². The third kappa shape index (κ3) is 3.76. The Labute approximate surface area is 168 Å². The number of aromatic nitrogens is 2. The van der Waals surface area contributed by atoms with Crippen LogP contribution in [0.4, 0.5) is 0 Å². The van der Waals surface area contributed by atoms with E-state index in [1.807, 2.05) is 0 Å². The number of rotatable bonds is 5. The molecule has 2 aromatic heterocycles. The standard InChI is InChI=1S/C19H19ClN4O3S/c20-15-5-8-18-22-17(13-23(18)12-15)19(25)21-11-14-3-6-16(7-4-14)28(26,27)24-9-1-2-10-24/h3-8,12-13H,1-2,9-11H2,(H,21,25). The second-order valence-electron chi connectivity index (χ2n) is 6.68. The van der Waals surface area contributed by atoms with Crippen molar-refractivity contribution in [1.82, 2.24) is 19.0 Å². The van der Waals surface area contributed by atoms with Crippen LogP contribution in [-0.4, -0.2) is 41.1 Å². The Bertz CT molecular complexity index is 1120. The van der Waals surface area contributed by atoms with Crippen LogP contribution in [0.15, 0.2) is 53.7 Å². The molecule has 0 radical (unpaired) electrons. The molecule has 1 aromatic carbocycles. The summed E-state index contributed by atoms with van der Waals surface area (Å²) in [7, 11) is -3.43. The molecule has 0 atom stereocenters. The largest absolute Gasteiger partial charge is 0.347 e. The molecule has 3 aromatic rings. The van der Waals surface area contributed by atoms with E-state index in [4.69, 9.17) is 11.6 Å². The van der Waals surface area contributed by atoms with E-state index in [-0.39, 0.29) is 23.0 Å². The van der Waals surface area contributed by atoms with Gasteiger partial charge in [0.05, 0.1) is 9.92 Å². The van der Waals surface area contributed by atoms with Crippen LogP contribution in [0.2, 0.25) is 5.02 Å². The zero-order valence-corrected chi connectivity index (χ0v) is 16.6. The van der Waals surface area contributed by atoms with Crippen LogP contribution < -0.4 is 5.32 Å². The van der Waals surface area contributed by atoms with E-state index in [2.05, 4.69) is 10.3 Å². The molecule has 1 N–H and O–H groups in total. The predicted octanol–water partition coefficient (Wildman–Crippen LogP) is 2.70. The summed E-state index contributed by atoms with van der Waals surface area (Å²) in [5, 5.41) is 3.35. The van der Waals surface area contributed by atoms with Crippen molar-refractivity contribution in [2.45, 2.75) is 24.3 Å². The van der Waals surface area contributed by atoms with Gasteiger partial charge < -0.3 is 9.72 Å². The number of carbonyl (C=O) groups is 1. The van der Waals surface area contributed by atoms with Crippen molar-refractivity contribution < 1.29 is 13.2 Å². The Morgan fingerprint density at radius 3 is 2.50 bits per heavy atom. The first-order chi connectivity index (χ1) is 13.4. The summed E-state index contributed by atoms with van der Waals surface area (Å²) in [5.41, 5.74) is 1.72. The number of halogens is 1. The van der Waals surface area contributed by atoms with Crippen LogP contribution in [0, 0.1) is 0 Å². The molecular formula is C19H19ClN4O3S. The van der Waals surface area contributed by atoms with Gasteiger partial charge in [-0.25, -0.2) is 13.4 Å². The Morgan fingerprint density at radius 2 is 1.79 bits per heavy atom. The van der Waals surface area contributed by atoms with Crippen LogP contribution in [0.3, 0.4) is 0 Å². The highest BCUT2D eigenvalue weighted by molar-refractivity contribution is 7.89. The highest BCUT2D eigenvalue weighted by Gasteiger charge is 2.26. The number of sulfonamides is 1. The van der Waals surface area contributed by atoms with Gasteiger partial charge in [0, 0.05) is 32.0 Å². The Kier molecular flexibility index (Phi) is 5.09. The Hall–Kier alpha value is -2.42. The number of nitrogens with zero attached hydrogens (tertiary/aromatic N) is 3. The van der Waals surface area contributed by atoms with Crippen molar-refractivity contribution in [3.8, 4) is 0 Å². The first-order valence-corrected chi connectivity index (χ1v) is 10.8. The van der Waals surface area contributed by atoms with Crippen molar-refractivity contribution >= 4 is 33.2 Å². The number of hydrogen-bond acceptors (Lipinski definition) is 4. The summed E-state index contributed by atoms with van der Waals surface area (Å²) in [6, 6.07) is 10.0. The van der Waals surface area contributed by atoms with Gasteiger partial charge in [0.15, 0.2) is 0 Å². The number of carbonyl (C=O) groups excluding carboxylic acids is 1. The number of pyridine rings is 1. The molecule has 3 heterocycles. The minimum atomic E-state index is -3.43. The van der Waals surface area contributed by atoms with Gasteiger partial charge in [0.25, 0.3) is 5.91 Å². The zero-order chi connectivity index (χ0) is 19.7. The molecule has 7 nitrogen and oxygen atoms in total. The van der Waals surface area contributed by atoms with Gasteiger partial charge in [-0.3, -0.25) is 4.79 Å². The molecular weight excluding hydrogens is 400 g/mol. The fourth-order valence-electron chi connectivity index (χ4n) is 3.20. The molecule has 1 saturated heterocycles. The number of hydrogen-bond donors (Lipinski definition) is 1. The van der Waals surface area contributed by atoms with Gasteiger partial charge in [-0.2, -0.15) is 4.31 Å². The van der Waals surface area contributed by atoms with Gasteiger partial charge in [-0.1, -0.05) is 23.7 Å². The predicted molar refractivity (Wildman–Crippen MR) is 106 cm³/mol. The number of fused-ring (bicyclic) bond motifs is 1. The fraction of sp³-hybridized carbons (Fsp3) is 0.263. The van der Waals surface area contributed by atoms with Gasteiger partial charge in [0.1, 0.15) is 11.3 Å². The lowest BCUT2D eigenvalue weighted by Crippen LogP contribution is -2.28. The smallest absolute Gasteiger partial charge is 0.271 e. The summed E-state index contributed by atoms with van der Waals surface area (Å²) in [6.07, 6.45) is 5.10. The maximum atomic E-state index is 12.5. The average Bonchev–Trinajstić information content (AvgIpc) is 3.36. The van der Waals surface area contributed by atoms with Crippen molar-refractivity contribution in [3.63, 3.8) is 0 Å². The van der Waals surface area contributed by atoms with Crippen molar-refractivity contribution in [2.75, 3.05) is 13.1 Å². The monoisotopic (exact) mass is 418 g/mol. The van der Waals surface area contributed by atoms with Gasteiger partial charge in [-0.15, -0.1) is 0 Å². The molecule has 9 heteroatoms. The van der Waals surface area contributed by atoms with E-state index in [9.17, 15) is 13.2 Å². The summed E-state index contributed by atoms with van der Waals surface area (Å²) in [6.45, 7) is 1.42. The number of benzene rings is 1. The second-order valence-corrected chi connectivity index (χ2v) is 9.05. The lowest BCUT2D eigenvalue weighted by Gasteiger charge is -2.15. The molecule has 28 heavy (non-hydrogen) atoms. The van der Waals surface area contributed by atoms with Crippen LogP contribution in [0.25, 0.3) is 5.65 Å². The highest BCUT2D eigenvalue weighted by atomic mass is 35.5. The molecule has 0 aliphatic carbocycles. The Balaban J connectivity index is 1.42. The van der Waals surface area contributed by atoms with Crippen molar-refractivity contribution in [2.24, 2.45) is 0 Å². The van der Waals surface area contributed by atoms with Gasteiger partial charge >= 0.3 is 0 Å². The molecule has 1 fully saturated rings. The fourth-order valence-corrected chi connectivity index (χ4v) is 4.89. The first kappa shape index (κ1) is 18.9. The van der Waals surface area contributed by atoms with Crippen LogP contribution in [0.5, 0.6) is 0 Å². The summed E-state index contributed by atoms with van der Waals surface area (Å²) < 4.78 is 28.3. The second kappa shape index (κ2) is 7.54. The van der Waals surface area contributed by atoms with Gasteiger partial charge in [-0.05, 0) is 42.7 Å². The van der Waals surface area contributed by atoms with E-state index in [1.54, 1.807) is 53.2 Å². The number of imidazole rings is 1. The summed E-state index contributed by atoms with van der Waals surface area (Å²) >= 11 is 5.94. The first-order valence-electron chi connectivity index (χ1n) is 8.95. The molecule has 1 amide bonds. The molecule has 146 valence electrons.